The normalized spacial score (nSPS) is 16.5. The van der Waals surface area contributed by atoms with Crippen LogP contribution in [0.2, 0.25) is 0 Å². The minimum absolute atomic E-state index is 0. The van der Waals surface area contributed by atoms with Gasteiger partial charge in [-0.3, -0.25) is 14.5 Å². The largest absolute Gasteiger partial charge is 0.496 e. The fourth-order valence-corrected chi connectivity index (χ4v) is 2.46. The molecule has 1 aliphatic heterocycles. The van der Waals surface area contributed by atoms with Gasteiger partial charge in [-0.25, -0.2) is 0 Å². The SMILES string of the molecule is COc1ccccc1C(=O)N1CCN(C(C)C(=O)O)CC1.Cl. The third-order valence-electron chi connectivity index (χ3n) is 3.84. The molecule has 0 bridgehead atoms. The van der Waals surface area contributed by atoms with E-state index in [1.807, 2.05) is 11.0 Å². The number of ether oxygens (including phenoxy) is 1. The maximum atomic E-state index is 12.5. The van der Waals surface area contributed by atoms with Crippen LogP contribution in [0.1, 0.15) is 17.3 Å². The molecule has 6 nitrogen and oxygen atoms in total. The zero-order chi connectivity index (χ0) is 15.4. The number of nitrogens with zero attached hydrogens (tertiary/aromatic N) is 2. The molecule has 0 spiro atoms. The van der Waals surface area contributed by atoms with Gasteiger partial charge < -0.3 is 14.7 Å². The van der Waals surface area contributed by atoms with Crippen molar-refractivity contribution in [1.29, 1.82) is 0 Å². The topological polar surface area (TPSA) is 70.1 Å². The molecule has 0 aromatic heterocycles. The van der Waals surface area contributed by atoms with Gasteiger partial charge in [-0.2, -0.15) is 0 Å². The predicted octanol–water partition coefficient (Wildman–Crippen LogP) is 1.35. The molecule has 1 aromatic rings. The third-order valence-corrected chi connectivity index (χ3v) is 3.84. The molecule has 1 atom stereocenters. The Labute approximate surface area is 136 Å². The number of hydrogen-bond donors (Lipinski definition) is 1. The number of benzene rings is 1. The van der Waals surface area contributed by atoms with E-state index in [1.54, 1.807) is 37.1 Å². The van der Waals surface area contributed by atoms with Gasteiger partial charge in [-0.15, -0.1) is 12.4 Å². The average Bonchev–Trinajstić information content (AvgIpc) is 2.53. The molecule has 1 amide bonds. The molecule has 1 heterocycles. The number of carbonyl (C=O) groups excluding carboxylic acids is 1. The molecule has 0 radical (unpaired) electrons. The average molecular weight is 329 g/mol. The van der Waals surface area contributed by atoms with E-state index in [1.165, 1.54) is 0 Å². The quantitative estimate of drug-likeness (QED) is 0.903. The van der Waals surface area contributed by atoms with E-state index in [2.05, 4.69) is 0 Å². The second-order valence-corrected chi connectivity index (χ2v) is 5.04. The summed E-state index contributed by atoms with van der Waals surface area (Å²) in [6, 6.07) is 6.61. The number of piperazine rings is 1. The molecule has 7 heteroatoms. The van der Waals surface area contributed by atoms with Crippen molar-refractivity contribution in [2.75, 3.05) is 33.3 Å². The molecule has 1 unspecified atom stereocenters. The zero-order valence-electron chi connectivity index (χ0n) is 12.7. The Morgan fingerprint density at radius 1 is 1.18 bits per heavy atom. The van der Waals surface area contributed by atoms with Gasteiger partial charge in [0.15, 0.2) is 0 Å². The summed E-state index contributed by atoms with van der Waals surface area (Å²) >= 11 is 0. The van der Waals surface area contributed by atoms with Crippen molar-refractivity contribution >= 4 is 24.3 Å². The lowest BCUT2D eigenvalue weighted by atomic mass is 10.1. The minimum Gasteiger partial charge on any atom is -0.496 e. The van der Waals surface area contributed by atoms with E-state index < -0.39 is 12.0 Å². The summed E-state index contributed by atoms with van der Waals surface area (Å²) in [7, 11) is 1.54. The Morgan fingerprint density at radius 2 is 1.77 bits per heavy atom. The molecule has 1 N–H and O–H groups in total. The maximum Gasteiger partial charge on any atom is 0.320 e. The van der Waals surface area contributed by atoms with Crippen LogP contribution in [-0.2, 0) is 4.79 Å². The molecular weight excluding hydrogens is 308 g/mol. The first kappa shape index (κ1) is 18.3. The van der Waals surface area contributed by atoms with Crippen molar-refractivity contribution in [2.45, 2.75) is 13.0 Å². The summed E-state index contributed by atoms with van der Waals surface area (Å²) in [6.45, 7) is 3.84. The standard InChI is InChI=1S/C15H20N2O4.ClH/c1-11(15(19)20)16-7-9-17(10-8-16)14(18)12-5-3-4-6-13(12)21-2;/h3-6,11H,7-10H2,1-2H3,(H,19,20);1H. The van der Waals surface area contributed by atoms with Crippen molar-refractivity contribution in [2.24, 2.45) is 0 Å². The molecule has 2 rings (SSSR count). The van der Waals surface area contributed by atoms with Crippen LogP contribution in [0.15, 0.2) is 24.3 Å². The minimum atomic E-state index is -0.834. The van der Waals surface area contributed by atoms with Crippen LogP contribution >= 0.6 is 12.4 Å². The van der Waals surface area contributed by atoms with Gasteiger partial charge >= 0.3 is 5.97 Å². The molecule has 1 aromatic carbocycles. The van der Waals surface area contributed by atoms with Crippen LogP contribution in [0.5, 0.6) is 5.75 Å². The number of para-hydroxylation sites is 1. The highest BCUT2D eigenvalue weighted by Gasteiger charge is 2.28. The first-order valence-corrected chi connectivity index (χ1v) is 6.93. The van der Waals surface area contributed by atoms with Crippen molar-refractivity contribution in [3.63, 3.8) is 0 Å². The summed E-state index contributed by atoms with van der Waals surface area (Å²) in [5.41, 5.74) is 0.541. The van der Waals surface area contributed by atoms with Gasteiger partial charge in [-0.1, -0.05) is 12.1 Å². The number of halogens is 1. The third kappa shape index (κ3) is 3.90. The molecule has 1 aliphatic rings. The van der Waals surface area contributed by atoms with Crippen LogP contribution in [0.25, 0.3) is 0 Å². The first-order valence-electron chi connectivity index (χ1n) is 6.93. The van der Waals surface area contributed by atoms with Gasteiger partial charge in [0.05, 0.1) is 12.7 Å². The van der Waals surface area contributed by atoms with Crippen molar-refractivity contribution in [1.82, 2.24) is 9.80 Å². The highest BCUT2D eigenvalue weighted by atomic mass is 35.5. The highest BCUT2D eigenvalue weighted by Crippen LogP contribution is 2.20. The Hall–Kier alpha value is -1.79. The number of carboxylic acids is 1. The maximum absolute atomic E-state index is 12.5. The monoisotopic (exact) mass is 328 g/mol. The Balaban J connectivity index is 0.00000242. The Kier molecular flexibility index (Phi) is 6.64. The van der Waals surface area contributed by atoms with Gasteiger partial charge in [0.25, 0.3) is 5.91 Å². The molecule has 0 saturated carbocycles. The Bertz CT molecular complexity index is 530. The highest BCUT2D eigenvalue weighted by molar-refractivity contribution is 5.97. The fourth-order valence-electron chi connectivity index (χ4n) is 2.46. The van der Waals surface area contributed by atoms with Crippen LogP contribution in [0, 0.1) is 0 Å². The molecule has 0 aliphatic carbocycles. The zero-order valence-corrected chi connectivity index (χ0v) is 13.5. The molecule has 1 saturated heterocycles. The molecule has 1 fully saturated rings. The van der Waals surface area contributed by atoms with Crippen molar-refractivity contribution in [3.8, 4) is 5.75 Å². The van der Waals surface area contributed by atoms with Crippen molar-refractivity contribution < 1.29 is 19.4 Å². The van der Waals surface area contributed by atoms with E-state index >= 15 is 0 Å². The summed E-state index contributed by atoms with van der Waals surface area (Å²) in [5, 5.41) is 9.02. The number of carbonyl (C=O) groups is 2. The van der Waals surface area contributed by atoms with Crippen LogP contribution < -0.4 is 4.74 Å². The summed E-state index contributed by atoms with van der Waals surface area (Å²) in [4.78, 5) is 27.1. The first-order chi connectivity index (χ1) is 10.0. The van der Waals surface area contributed by atoms with Gasteiger partial charge in [-0.05, 0) is 19.1 Å². The van der Waals surface area contributed by atoms with Crippen LogP contribution in [-0.4, -0.2) is 66.1 Å². The number of hydrogen-bond acceptors (Lipinski definition) is 4. The number of amides is 1. The smallest absolute Gasteiger partial charge is 0.320 e. The number of aliphatic carboxylic acids is 1. The van der Waals surface area contributed by atoms with E-state index in [0.29, 0.717) is 37.5 Å². The van der Waals surface area contributed by atoms with Crippen LogP contribution in [0.3, 0.4) is 0 Å². The lowest BCUT2D eigenvalue weighted by Gasteiger charge is -2.36. The van der Waals surface area contributed by atoms with Gasteiger partial charge in [0, 0.05) is 26.2 Å². The van der Waals surface area contributed by atoms with E-state index in [9.17, 15) is 9.59 Å². The molecule has 122 valence electrons. The second-order valence-electron chi connectivity index (χ2n) is 5.04. The van der Waals surface area contributed by atoms with Crippen molar-refractivity contribution in [3.05, 3.63) is 29.8 Å². The fraction of sp³-hybridized carbons (Fsp3) is 0.467. The van der Waals surface area contributed by atoms with E-state index in [0.717, 1.165) is 0 Å². The number of carboxylic acid groups (broad SMARTS) is 1. The molecule has 22 heavy (non-hydrogen) atoms. The summed E-state index contributed by atoms with van der Waals surface area (Å²) in [5.74, 6) is -0.349. The molecular formula is C15H21ClN2O4. The summed E-state index contributed by atoms with van der Waals surface area (Å²) < 4.78 is 5.21. The second kappa shape index (κ2) is 8.00. The Morgan fingerprint density at radius 3 is 2.32 bits per heavy atom. The van der Waals surface area contributed by atoms with Gasteiger partial charge in [0.2, 0.25) is 0 Å². The number of rotatable bonds is 4. The predicted molar refractivity (Wildman–Crippen MR) is 84.8 cm³/mol. The van der Waals surface area contributed by atoms with Gasteiger partial charge in [0.1, 0.15) is 11.8 Å². The van der Waals surface area contributed by atoms with E-state index in [4.69, 9.17) is 9.84 Å². The summed E-state index contributed by atoms with van der Waals surface area (Å²) in [6.07, 6.45) is 0. The lowest BCUT2D eigenvalue weighted by molar-refractivity contribution is -0.143. The number of methoxy groups -OCH3 is 1. The van der Waals surface area contributed by atoms with Crippen LogP contribution in [0.4, 0.5) is 0 Å². The van der Waals surface area contributed by atoms with E-state index in [-0.39, 0.29) is 18.3 Å². The lowest BCUT2D eigenvalue weighted by Crippen LogP contribution is -2.53.